The highest BCUT2D eigenvalue weighted by atomic mass is 35.5. The number of amides is 1. The van der Waals surface area contributed by atoms with Crippen LogP contribution < -0.4 is 15.8 Å². The van der Waals surface area contributed by atoms with Gasteiger partial charge in [0, 0.05) is 18.0 Å². The first-order valence-electron chi connectivity index (χ1n) is 8.75. The first-order chi connectivity index (χ1) is 10.9. The van der Waals surface area contributed by atoms with Gasteiger partial charge in [0.2, 0.25) is 5.91 Å². The molecule has 3 N–H and O–H groups in total. The minimum absolute atomic E-state index is 0. The summed E-state index contributed by atoms with van der Waals surface area (Å²) in [6.45, 7) is 6.12. The Kier molecular flexibility index (Phi) is 8.57. The van der Waals surface area contributed by atoms with Gasteiger partial charge < -0.3 is 15.8 Å². The largest absolute Gasteiger partial charge is 0.491 e. The number of nitrogens with one attached hydrogen (secondary N) is 1. The second-order valence-electron chi connectivity index (χ2n) is 7.03. The third kappa shape index (κ3) is 6.70. The predicted octanol–water partition coefficient (Wildman–Crippen LogP) is 3.46. The smallest absolute Gasteiger partial charge is 0.223 e. The Labute approximate surface area is 151 Å². The van der Waals surface area contributed by atoms with Gasteiger partial charge in [-0.15, -0.1) is 12.4 Å². The van der Waals surface area contributed by atoms with Crippen molar-refractivity contribution >= 4 is 18.3 Å². The van der Waals surface area contributed by atoms with Crippen molar-refractivity contribution in [3.05, 3.63) is 29.8 Å². The highest BCUT2D eigenvalue weighted by Gasteiger charge is 2.28. The number of benzene rings is 1. The number of nitrogens with two attached hydrogens (primary N) is 1. The molecule has 0 saturated heterocycles. The van der Waals surface area contributed by atoms with Gasteiger partial charge in [0.05, 0.1) is 6.10 Å². The fourth-order valence-corrected chi connectivity index (χ4v) is 3.08. The predicted molar refractivity (Wildman–Crippen MR) is 101 cm³/mol. The minimum atomic E-state index is 0. The molecule has 1 amide bonds. The topological polar surface area (TPSA) is 64.3 Å². The van der Waals surface area contributed by atoms with Crippen molar-refractivity contribution in [2.24, 2.45) is 11.7 Å². The Morgan fingerprint density at radius 1 is 1.25 bits per heavy atom. The van der Waals surface area contributed by atoms with Gasteiger partial charge in [-0.25, -0.2) is 0 Å². The van der Waals surface area contributed by atoms with E-state index >= 15 is 0 Å². The van der Waals surface area contributed by atoms with Gasteiger partial charge in [0.1, 0.15) is 5.75 Å². The van der Waals surface area contributed by atoms with Crippen LogP contribution in [-0.4, -0.2) is 24.1 Å². The van der Waals surface area contributed by atoms with Crippen molar-refractivity contribution in [2.75, 3.05) is 0 Å². The van der Waals surface area contributed by atoms with E-state index in [4.69, 9.17) is 10.5 Å². The van der Waals surface area contributed by atoms with Crippen molar-refractivity contribution in [2.45, 2.75) is 71.1 Å². The number of ether oxygens (including phenoxy) is 1. The molecule has 5 heteroatoms. The lowest BCUT2D eigenvalue weighted by molar-refractivity contribution is -0.125. The zero-order valence-electron chi connectivity index (χ0n) is 15.0. The second kappa shape index (κ2) is 9.90. The van der Waals surface area contributed by atoms with Gasteiger partial charge in [-0.1, -0.05) is 12.1 Å². The van der Waals surface area contributed by atoms with Crippen molar-refractivity contribution in [1.29, 1.82) is 0 Å². The molecule has 136 valence electrons. The Hall–Kier alpha value is -1.26. The van der Waals surface area contributed by atoms with Crippen molar-refractivity contribution in [3.8, 4) is 5.75 Å². The lowest BCUT2D eigenvalue weighted by Crippen LogP contribution is -2.37. The molecule has 1 saturated carbocycles. The van der Waals surface area contributed by atoms with Crippen LogP contribution in [0.4, 0.5) is 0 Å². The summed E-state index contributed by atoms with van der Waals surface area (Å²) in [6, 6.07) is 8.61. The van der Waals surface area contributed by atoms with Crippen LogP contribution in [0, 0.1) is 5.92 Å². The molecule has 0 radical (unpaired) electrons. The summed E-state index contributed by atoms with van der Waals surface area (Å²) in [7, 11) is 0. The van der Waals surface area contributed by atoms with Gasteiger partial charge in [0.15, 0.2) is 0 Å². The Bertz CT molecular complexity index is 505. The van der Waals surface area contributed by atoms with Gasteiger partial charge in [0.25, 0.3) is 0 Å². The quantitative estimate of drug-likeness (QED) is 0.788. The third-order valence-corrected chi connectivity index (χ3v) is 4.39. The molecule has 0 bridgehead atoms. The normalized spacial score (nSPS) is 21.2. The third-order valence-electron chi connectivity index (χ3n) is 4.39. The zero-order valence-corrected chi connectivity index (χ0v) is 15.8. The molecular weight excluding hydrogens is 324 g/mol. The van der Waals surface area contributed by atoms with Crippen molar-refractivity contribution < 1.29 is 9.53 Å². The Balaban J connectivity index is 0.00000288. The second-order valence-corrected chi connectivity index (χ2v) is 7.03. The molecule has 1 fully saturated rings. The summed E-state index contributed by atoms with van der Waals surface area (Å²) < 4.78 is 5.65. The summed E-state index contributed by atoms with van der Waals surface area (Å²) >= 11 is 0. The first kappa shape index (κ1) is 20.8. The summed E-state index contributed by atoms with van der Waals surface area (Å²) in [5, 5.41) is 3.13. The molecular formula is C19H31ClN2O2. The van der Waals surface area contributed by atoms with Gasteiger partial charge in [-0.2, -0.15) is 0 Å². The fraction of sp³-hybridized carbons (Fsp3) is 0.632. The van der Waals surface area contributed by atoms with Crippen LogP contribution in [-0.2, 0) is 11.2 Å². The summed E-state index contributed by atoms with van der Waals surface area (Å²) in [5.74, 6) is 1.19. The van der Waals surface area contributed by atoms with Crippen LogP contribution >= 0.6 is 12.4 Å². The maximum Gasteiger partial charge on any atom is 0.223 e. The number of carbonyl (C=O) groups is 1. The molecule has 0 aromatic heterocycles. The SMILES string of the molecule is CC(CCc1ccc(OC(C)C)cc1)NC(=O)C1CCC(N)C1.Cl. The zero-order chi connectivity index (χ0) is 16.8. The molecule has 1 aromatic carbocycles. The van der Waals surface area contributed by atoms with Gasteiger partial charge >= 0.3 is 0 Å². The number of carbonyl (C=O) groups excluding carboxylic acids is 1. The average Bonchev–Trinajstić information content (AvgIpc) is 2.93. The molecule has 3 atom stereocenters. The maximum atomic E-state index is 12.2. The number of halogens is 1. The van der Waals surface area contributed by atoms with E-state index in [0.29, 0.717) is 0 Å². The maximum absolute atomic E-state index is 12.2. The van der Waals surface area contributed by atoms with Crippen molar-refractivity contribution in [1.82, 2.24) is 5.32 Å². The average molecular weight is 355 g/mol. The Morgan fingerprint density at radius 2 is 1.92 bits per heavy atom. The van der Waals surface area contributed by atoms with Crippen LogP contribution in [0.5, 0.6) is 5.75 Å². The van der Waals surface area contributed by atoms with E-state index in [1.807, 2.05) is 26.0 Å². The molecule has 24 heavy (non-hydrogen) atoms. The van der Waals surface area contributed by atoms with Crippen LogP contribution in [0.15, 0.2) is 24.3 Å². The molecule has 0 heterocycles. The Morgan fingerprint density at radius 3 is 2.46 bits per heavy atom. The summed E-state index contributed by atoms with van der Waals surface area (Å²) in [4.78, 5) is 12.2. The standard InChI is InChI=1S/C19H30N2O2.ClH/c1-13(2)23-18-10-6-15(7-11-18)5-4-14(3)21-19(22)16-8-9-17(20)12-16;/h6-7,10-11,13-14,16-17H,4-5,8-9,12,20H2,1-3H3,(H,21,22);1H. The van der Waals surface area contributed by atoms with E-state index in [-0.39, 0.29) is 42.4 Å². The summed E-state index contributed by atoms with van der Waals surface area (Å²) in [5.41, 5.74) is 7.15. The summed E-state index contributed by atoms with van der Waals surface area (Å²) in [6.07, 6.45) is 4.81. The molecule has 3 unspecified atom stereocenters. The monoisotopic (exact) mass is 354 g/mol. The number of rotatable bonds is 7. The van der Waals surface area contributed by atoms with Crippen LogP contribution in [0.1, 0.15) is 52.0 Å². The number of hydrogen-bond acceptors (Lipinski definition) is 3. The molecule has 0 aliphatic heterocycles. The van der Waals surface area contributed by atoms with Crippen LogP contribution in [0.3, 0.4) is 0 Å². The van der Waals surface area contributed by atoms with Crippen LogP contribution in [0.2, 0.25) is 0 Å². The van der Waals surface area contributed by atoms with Crippen LogP contribution in [0.25, 0.3) is 0 Å². The highest BCUT2D eigenvalue weighted by Crippen LogP contribution is 2.24. The highest BCUT2D eigenvalue weighted by molar-refractivity contribution is 5.85. The minimum Gasteiger partial charge on any atom is -0.491 e. The molecule has 0 spiro atoms. The molecule has 1 aromatic rings. The van der Waals surface area contributed by atoms with E-state index in [9.17, 15) is 4.79 Å². The lowest BCUT2D eigenvalue weighted by Gasteiger charge is -2.17. The fourth-order valence-electron chi connectivity index (χ4n) is 3.08. The van der Waals surface area contributed by atoms with E-state index in [0.717, 1.165) is 37.9 Å². The molecule has 1 aliphatic rings. The molecule has 2 rings (SSSR count). The van der Waals surface area contributed by atoms with E-state index in [1.165, 1.54) is 5.56 Å². The first-order valence-corrected chi connectivity index (χ1v) is 8.75. The number of aryl methyl sites for hydroxylation is 1. The van der Waals surface area contributed by atoms with Gasteiger partial charge in [-0.05, 0) is 70.6 Å². The van der Waals surface area contributed by atoms with Gasteiger partial charge in [-0.3, -0.25) is 4.79 Å². The molecule has 4 nitrogen and oxygen atoms in total. The van der Waals surface area contributed by atoms with E-state index in [1.54, 1.807) is 0 Å². The van der Waals surface area contributed by atoms with Crippen molar-refractivity contribution in [3.63, 3.8) is 0 Å². The molecule has 1 aliphatic carbocycles. The van der Waals surface area contributed by atoms with E-state index < -0.39 is 0 Å². The van der Waals surface area contributed by atoms with E-state index in [2.05, 4.69) is 24.4 Å². The number of hydrogen-bond donors (Lipinski definition) is 2. The lowest BCUT2D eigenvalue weighted by atomic mass is 10.0.